The van der Waals surface area contributed by atoms with E-state index in [4.69, 9.17) is 4.74 Å². The van der Waals surface area contributed by atoms with Crippen molar-refractivity contribution in [3.63, 3.8) is 0 Å². The third-order valence-electron chi connectivity index (χ3n) is 2.66. The number of rotatable bonds is 6. The number of nitro groups is 1. The van der Waals surface area contributed by atoms with Crippen LogP contribution in [0.1, 0.15) is 11.1 Å². The summed E-state index contributed by atoms with van der Waals surface area (Å²) in [5, 5.41) is 10.5. The van der Waals surface area contributed by atoms with E-state index in [2.05, 4.69) is 4.98 Å². The summed E-state index contributed by atoms with van der Waals surface area (Å²) >= 11 is 0. The van der Waals surface area contributed by atoms with Crippen molar-refractivity contribution < 1.29 is 14.1 Å². The largest absolute Gasteiger partial charge is 0.475 e. The third kappa shape index (κ3) is 4.38. The van der Waals surface area contributed by atoms with Gasteiger partial charge < -0.3 is 4.74 Å². The van der Waals surface area contributed by atoms with Gasteiger partial charge in [-0.05, 0) is 29.3 Å². The van der Waals surface area contributed by atoms with E-state index in [0.717, 1.165) is 11.1 Å². The van der Waals surface area contributed by atoms with Gasteiger partial charge in [-0.3, -0.25) is 10.1 Å². The number of hydrogen-bond donors (Lipinski definition) is 0. The van der Waals surface area contributed by atoms with Crippen LogP contribution in [0.4, 0.5) is 10.1 Å². The molecule has 2 rings (SSSR count). The fourth-order valence-electron chi connectivity index (χ4n) is 1.62. The molecule has 108 valence electrons. The lowest BCUT2D eigenvalue weighted by molar-refractivity contribution is -0.384. The molecule has 0 unspecified atom stereocenters. The number of halogens is 1. The number of alkyl halides is 1. The molecule has 6 heteroatoms. The predicted molar refractivity (Wildman–Crippen MR) is 77.7 cm³/mol. The zero-order valence-electron chi connectivity index (χ0n) is 11.1. The number of benzene rings is 1. The highest BCUT2D eigenvalue weighted by atomic mass is 19.1. The highest BCUT2D eigenvalue weighted by molar-refractivity contribution is 5.69. The third-order valence-corrected chi connectivity index (χ3v) is 2.66. The first-order valence-electron chi connectivity index (χ1n) is 6.26. The van der Waals surface area contributed by atoms with Crippen LogP contribution in [0.2, 0.25) is 0 Å². The number of nitrogens with zero attached hydrogens (tertiary/aromatic N) is 2. The summed E-state index contributed by atoms with van der Waals surface area (Å²) in [7, 11) is 0. The van der Waals surface area contributed by atoms with Crippen LogP contribution in [0.5, 0.6) is 5.88 Å². The molecular formula is C15H13FN2O3. The van der Waals surface area contributed by atoms with Crippen LogP contribution < -0.4 is 4.74 Å². The maximum atomic E-state index is 11.9. The zero-order chi connectivity index (χ0) is 15.1. The second kappa shape index (κ2) is 7.14. The maximum Gasteiger partial charge on any atom is 0.269 e. The summed E-state index contributed by atoms with van der Waals surface area (Å²) in [6.07, 6.45) is 5.26. The summed E-state index contributed by atoms with van der Waals surface area (Å²) < 4.78 is 17.0. The number of non-ortho nitro benzene ring substituents is 1. The molecule has 0 spiro atoms. The van der Waals surface area contributed by atoms with Crippen LogP contribution in [0, 0.1) is 10.1 Å². The van der Waals surface area contributed by atoms with Crippen LogP contribution >= 0.6 is 0 Å². The number of hydrogen-bond acceptors (Lipinski definition) is 4. The maximum absolute atomic E-state index is 11.9. The second-order valence-electron chi connectivity index (χ2n) is 4.15. The van der Waals surface area contributed by atoms with Gasteiger partial charge in [0.05, 0.1) is 4.92 Å². The Labute approximate surface area is 120 Å². The Kier molecular flexibility index (Phi) is 4.98. The summed E-state index contributed by atoms with van der Waals surface area (Å²) in [6, 6.07) is 9.69. The molecule has 0 atom stereocenters. The normalized spacial score (nSPS) is 10.7. The van der Waals surface area contributed by atoms with Crippen LogP contribution in [0.25, 0.3) is 12.2 Å². The topological polar surface area (TPSA) is 65.3 Å². The molecule has 0 radical (unpaired) electrons. The summed E-state index contributed by atoms with van der Waals surface area (Å²) in [5.74, 6) is 0.375. The molecule has 0 amide bonds. The van der Waals surface area contributed by atoms with Crippen molar-refractivity contribution >= 4 is 17.8 Å². The Morgan fingerprint density at radius 1 is 1.14 bits per heavy atom. The summed E-state index contributed by atoms with van der Waals surface area (Å²) in [6.45, 7) is -0.561. The van der Waals surface area contributed by atoms with Crippen LogP contribution in [0.3, 0.4) is 0 Å². The van der Waals surface area contributed by atoms with E-state index in [-0.39, 0.29) is 12.3 Å². The van der Waals surface area contributed by atoms with Crippen LogP contribution in [0.15, 0.2) is 42.6 Å². The molecule has 1 aromatic heterocycles. The van der Waals surface area contributed by atoms with E-state index in [1.54, 1.807) is 30.5 Å². The van der Waals surface area contributed by atoms with Crippen molar-refractivity contribution in [2.24, 2.45) is 0 Å². The molecule has 1 aromatic carbocycles. The van der Waals surface area contributed by atoms with Crippen molar-refractivity contribution in [1.29, 1.82) is 0 Å². The van der Waals surface area contributed by atoms with E-state index >= 15 is 0 Å². The molecule has 0 aliphatic rings. The van der Waals surface area contributed by atoms with Crippen LogP contribution in [-0.2, 0) is 0 Å². The van der Waals surface area contributed by atoms with Gasteiger partial charge >= 0.3 is 0 Å². The lowest BCUT2D eigenvalue weighted by Gasteiger charge is -2.01. The van der Waals surface area contributed by atoms with E-state index in [9.17, 15) is 14.5 Å². The minimum Gasteiger partial charge on any atom is -0.475 e. The SMILES string of the molecule is O=[N+]([O-])c1ccc(C=Cc2ccc(OCCF)nc2)cc1. The molecule has 0 aliphatic heterocycles. The molecular weight excluding hydrogens is 275 g/mol. The molecule has 21 heavy (non-hydrogen) atoms. The second-order valence-corrected chi connectivity index (χ2v) is 4.15. The highest BCUT2D eigenvalue weighted by Gasteiger charge is 2.02. The molecule has 2 aromatic rings. The van der Waals surface area contributed by atoms with Crippen LogP contribution in [-0.4, -0.2) is 23.2 Å². The van der Waals surface area contributed by atoms with Crippen molar-refractivity contribution in [2.45, 2.75) is 0 Å². The Bertz CT molecular complexity index is 624. The van der Waals surface area contributed by atoms with Gasteiger partial charge in [0.25, 0.3) is 5.69 Å². The molecule has 0 bridgehead atoms. The van der Waals surface area contributed by atoms with Crippen molar-refractivity contribution in [3.05, 3.63) is 63.8 Å². The fraction of sp³-hybridized carbons (Fsp3) is 0.133. The Morgan fingerprint density at radius 2 is 1.81 bits per heavy atom. The van der Waals surface area contributed by atoms with Gasteiger partial charge in [0.2, 0.25) is 5.88 Å². The van der Waals surface area contributed by atoms with Gasteiger partial charge in [0.1, 0.15) is 13.3 Å². The van der Waals surface area contributed by atoms with E-state index < -0.39 is 11.6 Å². The average Bonchev–Trinajstić information content (AvgIpc) is 2.52. The van der Waals surface area contributed by atoms with Gasteiger partial charge in [0, 0.05) is 24.4 Å². The number of ether oxygens (including phenoxy) is 1. The lowest BCUT2D eigenvalue weighted by Crippen LogP contribution is -1.99. The Hall–Kier alpha value is -2.76. The van der Waals surface area contributed by atoms with Gasteiger partial charge in [-0.15, -0.1) is 0 Å². The molecule has 1 heterocycles. The minimum absolute atomic E-state index is 0.00895. The first-order valence-corrected chi connectivity index (χ1v) is 6.26. The monoisotopic (exact) mass is 288 g/mol. The molecule has 0 saturated heterocycles. The predicted octanol–water partition coefficient (Wildman–Crippen LogP) is 3.51. The molecule has 0 N–H and O–H groups in total. The molecule has 0 aliphatic carbocycles. The Balaban J connectivity index is 2.01. The standard InChI is InChI=1S/C15H13FN2O3/c16-9-10-21-15-8-5-13(11-17-15)2-1-12-3-6-14(7-4-12)18(19)20/h1-8,11H,9-10H2. The average molecular weight is 288 g/mol. The number of nitro benzene ring substituents is 1. The van der Waals surface area contributed by atoms with E-state index in [1.807, 2.05) is 12.2 Å². The van der Waals surface area contributed by atoms with E-state index in [1.165, 1.54) is 12.1 Å². The first kappa shape index (κ1) is 14.6. The van der Waals surface area contributed by atoms with Crippen molar-refractivity contribution in [3.8, 4) is 5.88 Å². The number of pyridine rings is 1. The summed E-state index contributed by atoms with van der Waals surface area (Å²) in [4.78, 5) is 14.1. The molecule has 0 fully saturated rings. The zero-order valence-corrected chi connectivity index (χ0v) is 11.1. The quantitative estimate of drug-likeness (QED) is 0.602. The highest BCUT2D eigenvalue weighted by Crippen LogP contribution is 2.15. The Morgan fingerprint density at radius 3 is 2.38 bits per heavy atom. The number of aromatic nitrogens is 1. The van der Waals surface area contributed by atoms with Gasteiger partial charge in [-0.2, -0.15) is 0 Å². The summed E-state index contributed by atoms with van der Waals surface area (Å²) in [5.41, 5.74) is 1.75. The smallest absolute Gasteiger partial charge is 0.269 e. The molecule has 0 saturated carbocycles. The fourth-order valence-corrected chi connectivity index (χ4v) is 1.62. The van der Waals surface area contributed by atoms with E-state index in [0.29, 0.717) is 5.88 Å². The minimum atomic E-state index is -0.552. The first-order chi connectivity index (χ1) is 10.2. The van der Waals surface area contributed by atoms with Crippen molar-refractivity contribution in [2.75, 3.05) is 13.3 Å². The lowest BCUT2D eigenvalue weighted by atomic mass is 10.1. The van der Waals surface area contributed by atoms with Gasteiger partial charge in [-0.1, -0.05) is 12.2 Å². The van der Waals surface area contributed by atoms with Gasteiger partial charge in [0.15, 0.2) is 0 Å². The van der Waals surface area contributed by atoms with Gasteiger partial charge in [-0.25, -0.2) is 9.37 Å². The van der Waals surface area contributed by atoms with Crippen molar-refractivity contribution in [1.82, 2.24) is 4.98 Å². The molecule has 5 nitrogen and oxygen atoms in total.